The second kappa shape index (κ2) is 4.05. The third-order valence-corrected chi connectivity index (χ3v) is 4.76. The molecular weight excluding hydrogens is 244 g/mol. The van der Waals surface area contributed by atoms with Crippen molar-refractivity contribution in [3.05, 3.63) is 35.5 Å². The molecule has 1 saturated heterocycles. The summed E-state index contributed by atoms with van der Waals surface area (Å²) in [6.07, 6.45) is 4.48. The minimum atomic E-state index is -1.12. The lowest BCUT2D eigenvalue weighted by molar-refractivity contribution is -0.143. The molecule has 0 aromatic heterocycles. The zero-order chi connectivity index (χ0) is 13.8. The van der Waals surface area contributed by atoms with Gasteiger partial charge in [0.25, 0.3) is 0 Å². The fourth-order valence-electron chi connectivity index (χ4n) is 3.66. The van der Waals surface area contributed by atoms with Crippen LogP contribution >= 0.6 is 0 Å². The first-order valence-electron chi connectivity index (χ1n) is 6.58. The van der Waals surface area contributed by atoms with Crippen molar-refractivity contribution < 1.29 is 19.7 Å². The molecule has 1 aliphatic heterocycles. The van der Waals surface area contributed by atoms with Crippen molar-refractivity contribution in [2.45, 2.75) is 31.5 Å². The molecule has 0 aromatic carbocycles. The number of aliphatic hydroxyl groups is 2. The van der Waals surface area contributed by atoms with Crippen molar-refractivity contribution in [1.29, 1.82) is 0 Å². The second-order valence-corrected chi connectivity index (χ2v) is 5.68. The van der Waals surface area contributed by atoms with Crippen molar-refractivity contribution in [1.82, 2.24) is 0 Å². The Bertz CT molecular complexity index is 516. The molecule has 102 valence electrons. The standard InChI is InChI=1S/C15H18O4/c1-8-5-6-15(18)10(7-16)3-4-11-9(2)14(17)19-13(11)12(8)15/h3,5,11-13,16,18H,2,4,6-7H2,1H3/t11-,12+,13-,15+/m0/s1. The Morgan fingerprint density at radius 2 is 2.26 bits per heavy atom. The first-order chi connectivity index (χ1) is 8.99. The molecule has 4 atom stereocenters. The Labute approximate surface area is 112 Å². The van der Waals surface area contributed by atoms with E-state index < -0.39 is 5.60 Å². The fourth-order valence-corrected chi connectivity index (χ4v) is 3.66. The Balaban J connectivity index is 2.09. The summed E-state index contributed by atoms with van der Waals surface area (Å²) in [7, 11) is 0. The van der Waals surface area contributed by atoms with E-state index in [0.717, 1.165) is 5.57 Å². The van der Waals surface area contributed by atoms with Crippen LogP contribution in [0.5, 0.6) is 0 Å². The van der Waals surface area contributed by atoms with Gasteiger partial charge in [-0.15, -0.1) is 0 Å². The number of ether oxygens (including phenoxy) is 1. The van der Waals surface area contributed by atoms with Crippen LogP contribution in [-0.2, 0) is 9.53 Å². The number of allylic oxidation sites excluding steroid dienone is 1. The average Bonchev–Trinajstić information content (AvgIpc) is 2.77. The number of fused-ring (bicyclic) bond motifs is 3. The lowest BCUT2D eigenvalue weighted by atomic mass is 9.76. The molecule has 2 aliphatic carbocycles. The minimum Gasteiger partial charge on any atom is -0.458 e. The van der Waals surface area contributed by atoms with Gasteiger partial charge in [0.05, 0.1) is 12.5 Å². The van der Waals surface area contributed by atoms with Gasteiger partial charge in [-0.2, -0.15) is 0 Å². The van der Waals surface area contributed by atoms with Gasteiger partial charge < -0.3 is 14.9 Å². The smallest absolute Gasteiger partial charge is 0.334 e. The van der Waals surface area contributed by atoms with Crippen molar-refractivity contribution >= 4 is 5.97 Å². The van der Waals surface area contributed by atoms with Gasteiger partial charge in [-0.25, -0.2) is 4.79 Å². The molecule has 1 fully saturated rings. The van der Waals surface area contributed by atoms with Gasteiger partial charge in [-0.1, -0.05) is 24.3 Å². The summed E-state index contributed by atoms with van der Waals surface area (Å²) in [6.45, 7) is 5.57. The summed E-state index contributed by atoms with van der Waals surface area (Å²) in [5.74, 6) is -0.742. The fraction of sp³-hybridized carbons (Fsp3) is 0.533. The zero-order valence-electron chi connectivity index (χ0n) is 10.9. The number of hydrogen-bond acceptors (Lipinski definition) is 4. The molecule has 3 rings (SSSR count). The summed E-state index contributed by atoms with van der Waals surface area (Å²) >= 11 is 0. The number of carbonyl (C=O) groups excluding carboxylic acids is 1. The van der Waals surface area contributed by atoms with Crippen molar-refractivity contribution in [3.63, 3.8) is 0 Å². The number of esters is 1. The van der Waals surface area contributed by atoms with Crippen LogP contribution in [0, 0.1) is 11.8 Å². The van der Waals surface area contributed by atoms with Crippen LogP contribution < -0.4 is 0 Å². The molecule has 19 heavy (non-hydrogen) atoms. The molecule has 0 spiro atoms. The van der Waals surface area contributed by atoms with Crippen LogP contribution in [-0.4, -0.2) is 34.5 Å². The van der Waals surface area contributed by atoms with E-state index in [9.17, 15) is 15.0 Å². The minimum absolute atomic E-state index is 0.102. The maximum absolute atomic E-state index is 11.7. The van der Waals surface area contributed by atoms with Gasteiger partial charge in [-0.05, 0) is 25.3 Å². The van der Waals surface area contributed by atoms with E-state index in [1.165, 1.54) is 0 Å². The topological polar surface area (TPSA) is 66.8 Å². The van der Waals surface area contributed by atoms with Crippen molar-refractivity contribution in [2.24, 2.45) is 11.8 Å². The SMILES string of the molecule is C=C1C(=O)O[C@@H]2[C@H]3C(C)=CC[C@@]3(O)C(CO)=CC[C@@H]12. The van der Waals surface area contributed by atoms with Gasteiger partial charge in [-0.3, -0.25) is 0 Å². The first-order valence-corrected chi connectivity index (χ1v) is 6.58. The first kappa shape index (κ1) is 12.6. The molecule has 0 unspecified atom stereocenters. The Kier molecular flexibility index (Phi) is 2.69. The monoisotopic (exact) mass is 262 g/mol. The molecular formula is C15H18O4. The van der Waals surface area contributed by atoms with Crippen LogP contribution in [0.25, 0.3) is 0 Å². The molecule has 4 nitrogen and oxygen atoms in total. The lowest BCUT2D eigenvalue weighted by Gasteiger charge is -2.35. The molecule has 4 heteroatoms. The van der Waals surface area contributed by atoms with E-state index in [4.69, 9.17) is 4.74 Å². The van der Waals surface area contributed by atoms with Gasteiger partial charge >= 0.3 is 5.97 Å². The van der Waals surface area contributed by atoms with Crippen LogP contribution in [0.1, 0.15) is 19.8 Å². The molecule has 0 bridgehead atoms. The number of rotatable bonds is 1. The lowest BCUT2D eigenvalue weighted by Crippen LogP contribution is -2.44. The third kappa shape index (κ3) is 1.56. The summed E-state index contributed by atoms with van der Waals surface area (Å²) in [4.78, 5) is 11.7. The van der Waals surface area contributed by atoms with Crippen molar-refractivity contribution in [3.8, 4) is 0 Å². The van der Waals surface area contributed by atoms with Crippen LogP contribution in [0.15, 0.2) is 35.5 Å². The van der Waals surface area contributed by atoms with Crippen LogP contribution in [0.4, 0.5) is 0 Å². The quantitative estimate of drug-likeness (QED) is 0.422. The Morgan fingerprint density at radius 1 is 1.53 bits per heavy atom. The molecule has 0 amide bonds. The van der Waals surface area contributed by atoms with Gasteiger partial charge in [0.15, 0.2) is 0 Å². The Morgan fingerprint density at radius 3 is 2.95 bits per heavy atom. The molecule has 1 heterocycles. The summed E-state index contributed by atoms with van der Waals surface area (Å²) < 4.78 is 5.45. The van der Waals surface area contributed by atoms with E-state index in [-0.39, 0.29) is 30.5 Å². The van der Waals surface area contributed by atoms with Gasteiger partial charge in [0.2, 0.25) is 0 Å². The highest BCUT2D eigenvalue weighted by atomic mass is 16.6. The number of hydrogen-bond donors (Lipinski definition) is 2. The van der Waals surface area contributed by atoms with E-state index in [1.54, 1.807) is 0 Å². The van der Waals surface area contributed by atoms with Gasteiger partial charge in [0, 0.05) is 11.5 Å². The number of carbonyl (C=O) groups is 1. The molecule has 0 saturated carbocycles. The predicted octanol–water partition coefficient (Wildman–Crippen LogP) is 1.10. The molecule has 0 radical (unpaired) electrons. The predicted molar refractivity (Wildman–Crippen MR) is 69.1 cm³/mol. The average molecular weight is 262 g/mol. The maximum atomic E-state index is 11.7. The normalized spacial score (nSPS) is 41.1. The highest BCUT2D eigenvalue weighted by Crippen LogP contribution is 2.50. The number of aliphatic hydroxyl groups excluding tert-OH is 1. The third-order valence-electron chi connectivity index (χ3n) is 4.76. The second-order valence-electron chi connectivity index (χ2n) is 5.68. The molecule has 3 aliphatic rings. The van der Waals surface area contributed by atoms with Crippen molar-refractivity contribution in [2.75, 3.05) is 6.61 Å². The van der Waals surface area contributed by atoms with E-state index in [0.29, 0.717) is 24.0 Å². The van der Waals surface area contributed by atoms with E-state index >= 15 is 0 Å². The summed E-state index contributed by atoms with van der Waals surface area (Å²) in [6, 6.07) is 0. The van der Waals surface area contributed by atoms with Crippen LogP contribution in [0.2, 0.25) is 0 Å². The summed E-state index contributed by atoms with van der Waals surface area (Å²) in [5.41, 5.74) is 0.996. The highest BCUT2D eigenvalue weighted by Gasteiger charge is 2.55. The van der Waals surface area contributed by atoms with E-state index in [1.807, 2.05) is 19.1 Å². The molecule has 2 N–H and O–H groups in total. The van der Waals surface area contributed by atoms with E-state index in [2.05, 4.69) is 6.58 Å². The Hall–Kier alpha value is -1.39. The summed E-state index contributed by atoms with van der Waals surface area (Å²) in [5, 5.41) is 20.5. The molecule has 0 aromatic rings. The largest absolute Gasteiger partial charge is 0.458 e. The zero-order valence-corrected chi connectivity index (χ0v) is 10.9. The van der Waals surface area contributed by atoms with Gasteiger partial charge in [0.1, 0.15) is 11.7 Å². The highest BCUT2D eigenvalue weighted by molar-refractivity contribution is 5.91. The maximum Gasteiger partial charge on any atom is 0.334 e. The van der Waals surface area contributed by atoms with Crippen LogP contribution in [0.3, 0.4) is 0 Å².